The monoisotopic (exact) mass is 249 g/mol. The van der Waals surface area contributed by atoms with E-state index in [0.29, 0.717) is 6.54 Å². The highest BCUT2D eigenvalue weighted by Crippen LogP contribution is 2.18. The minimum Gasteiger partial charge on any atom is -0.337 e. The molecule has 0 aromatic heterocycles. The lowest BCUT2D eigenvalue weighted by molar-refractivity contribution is 0.229. The predicted octanol–water partition coefficient (Wildman–Crippen LogP) is 1.83. The molecule has 1 rings (SSSR count). The van der Waals surface area contributed by atoms with Crippen molar-refractivity contribution in [1.29, 1.82) is 0 Å². The zero-order chi connectivity index (χ0) is 13.6. The third-order valence-corrected chi connectivity index (χ3v) is 2.98. The number of urea groups is 1. The van der Waals surface area contributed by atoms with Crippen molar-refractivity contribution >= 4 is 6.03 Å². The van der Waals surface area contributed by atoms with Crippen molar-refractivity contribution in [2.24, 2.45) is 0 Å². The van der Waals surface area contributed by atoms with Crippen LogP contribution < -0.4 is 16.0 Å². The van der Waals surface area contributed by atoms with Crippen LogP contribution in [0.15, 0.2) is 30.3 Å². The van der Waals surface area contributed by atoms with E-state index in [9.17, 15) is 4.79 Å². The van der Waals surface area contributed by atoms with Crippen molar-refractivity contribution in [3.63, 3.8) is 0 Å². The Morgan fingerprint density at radius 2 is 1.89 bits per heavy atom. The molecule has 0 saturated carbocycles. The van der Waals surface area contributed by atoms with Crippen LogP contribution in [-0.4, -0.2) is 25.7 Å². The quantitative estimate of drug-likeness (QED) is 0.745. The smallest absolute Gasteiger partial charge is 0.315 e. The van der Waals surface area contributed by atoms with Crippen LogP contribution in [0.3, 0.4) is 0 Å². The molecule has 0 bridgehead atoms. The number of rotatable bonds is 5. The average Bonchev–Trinajstić information content (AvgIpc) is 2.36. The molecule has 4 nitrogen and oxygen atoms in total. The van der Waals surface area contributed by atoms with Gasteiger partial charge in [-0.2, -0.15) is 0 Å². The zero-order valence-corrected chi connectivity index (χ0v) is 11.6. The summed E-state index contributed by atoms with van der Waals surface area (Å²) in [6.07, 6.45) is 0. The van der Waals surface area contributed by atoms with Gasteiger partial charge in [-0.3, -0.25) is 0 Å². The van der Waals surface area contributed by atoms with Gasteiger partial charge in [0.25, 0.3) is 0 Å². The van der Waals surface area contributed by atoms with Gasteiger partial charge in [0.2, 0.25) is 0 Å². The van der Waals surface area contributed by atoms with Gasteiger partial charge in [-0.1, -0.05) is 30.3 Å². The molecule has 0 saturated heterocycles. The average molecular weight is 249 g/mol. The fraction of sp³-hybridized carbons (Fsp3) is 0.500. The molecule has 18 heavy (non-hydrogen) atoms. The van der Waals surface area contributed by atoms with Gasteiger partial charge in [-0.15, -0.1) is 0 Å². The fourth-order valence-corrected chi connectivity index (χ4v) is 1.60. The van der Waals surface area contributed by atoms with E-state index < -0.39 is 0 Å². The first-order valence-corrected chi connectivity index (χ1v) is 6.24. The van der Waals surface area contributed by atoms with Gasteiger partial charge in [-0.25, -0.2) is 4.79 Å². The van der Waals surface area contributed by atoms with Gasteiger partial charge >= 0.3 is 6.03 Å². The third kappa shape index (κ3) is 4.37. The molecular formula is C14H23N3O. The number of benzene rings is 1. The first-order chi connectivity index (χ1) is 8.45. The van der Waals surface area contributed by atoms with Gasteiger partial charge in [0, 0.05) is 12.6 Å². The Hall–Kier alpha value is -1.55. The summed E-state index contributed by atoms with van der Waals surface area (Å²) in [7, 11) is 1.87. The molecule has 0 aliphatic carbocycles. The number of carbonyl (C=O) groups is 1. The molecule has 1 atom stereocenters. The van der Waals surface area contributed by atoms with Crippen LogP contribution in [-0.2, 0) is 5.54 Å². The molecule has 4 heteroatoms. The molecule has 0 heterocycles. The molecule has 1 aromatic rings. The van der Waals surface area contributed by atoms with Crippen molar-refractivity contribution in [1.82, 2.24) is 16.0 Å². The summed E-state index contributed by atoms with van der Waals surface area (Å²) in [5, 5.41) is 8.89. The normalized spacial score (nSPS) is 12.9. The van der Waals surface area contributed by atoms with E-state index in [0.717, 1.165) is 5.56 Å². The summed E-state index contributed by atoms with van der Waals surface area (Å²) in [6.45, 7) is 6.60. The molecule has 0 aliphatic rings. The van der Waals surface area contributed by atoms with Crippen LogP contribution >= 0.6 is 0 Å². The maximum absolute atomic E-state index is 11.8. The molecule has 0 fully saturated rings. The highest BCUT2D eigenvalue weighted by atomic mass is 16.2. The maximum atomic E-state index is 11.8. The summed E-state index contributed by atoms with van der Waals surface area (Å²) in [6, 6.07) is 10.0. The van der Waals surface area contributed by atoms with Crippen molar-refractivity contribution in [3.05, 3.63) is 35.9 Å². The summed E-state index contributed by atoms with van der Waals surface area (Å²) < 4.78 is 0. The van der Waals surface area contributed by atoms with E-state index in [2.05, 4.69) is 16.0 Å². The van der Waals surface area contributed by atoms with E-state index in [1.54, 1.807) is 0 Å². The second kappa shape index (κ2) is 6.40. The van der Waals surface area contributed by atoms with Crippen LogP contribution in [0.2, 0.25) is 0 Å². The molecular weight excluding hydrogens is 226 g/mol. The number of carbonyl (C=O) groups excluding carboxylic acids is 1. The van der Waals surface area contributed by atoms with Crippen molar-refractivity contribution < 1.29 is 4.79 Å². The minimum atomic E-state index is -0.381. The van der Waals surface area contributed by atoms with Gasteiger partial charge in [0.1, 0.15) is 0 Å². The Morgan fingerprint density at radius 1 is 1.28 bits per heavy atom. The van der Waals surface area contributed by atoms with Crippen LogP contribution in [0.5, 0.6) is 0 Å². The molecule has 1 aromatic carbocycles. The number of hydrogen-bond donors (Lipinski definition) is 3. The molecule has 0 radical (unpaired) electrons. The Kier molecular flexibility index (Phi) is 5.16. The summed E-state index contributed by atoms with van der Waals surface area (Å²) in [5.74, 6) is 0. The Bertz CT molecular complexity index is 376. The van der Waals surface area contributed by atoms with Gasteiger partial charge < -0.3 is 16.0 Å². The topological polar surface area (TPSA) is 53.2 Å². The Labute approximate surface area is 109 Å². The van der Waals surface area contributed by atoms with E-state index in [4.69, 9.17) is 0 Å². The lowest BCUT2D eigenvalue weighted by atomic mass is 9.95. The summed E-state index contributed by atoms with van der Waals surface area (Å²) in [5.41, 5.74) is 0.704. The van der Waals surface area contributed by atoms with Crippen LogP contribution in [0.4, 0.5) is 4.79 Å². The standard InChI is InChI=1S/C14H23N3O/c1-11(15-4)10-16-13(18)17-14(2,3)12-8-6-5-7-9-12/h5-9,11,15H,10H2,1-4H3,(H2,16,17,18). The predicted molar refractivity (Wildman–Crippen MR) is 74.5 cm³/mol. The first-order valence-electron chi connectivity index (χ1n) is 6.24. The number of hydrogen-bond acceptors (Lipinski definition) is 2. The highest BCUT2D eigenvalue weighted by molar-refractivity contribution is 5.75. The summed E-state index contributed by atoms with van der Waals surface area (Å²) in [4.78, 5) is 11.8. The third-order valence-electron chi connectivity index (χ3n) is 2.98. The second-order valence-electron chi connectivity index (χ2n) is 5.02. The fourth-order valence-electron chi connectivity index (χ4n) is 1.60. The zero-order valence-electron chi connectivity index (χ0n) is 11.6. The first kappa shape index (κ1) is 14.5. The van der Waals surface area contributed by atoms with Gasteiger partial charge in [0.05, 0.1) is 5.54 Å². The SMILES string of the molecule is CNC(C)CNC(=O)NC(C)(C)c1ccccc1. The van der Waals surface area contributed by atoms with Gasteiger partial charge in [-0.05, 0) is 33.4 Å². The lowest BCUT2D eigenvalue weighted by Crippen LogP contribution is -2.49. The second-order valence-corrected chi connectivity index (χ2v) is 5.02. The van der Waals surface area contributed by atoms with E-state index in [1.165, 1.54) is 0 Å². The molecule has 0 spiro atoms. The molecule has 1 unspecified atom stereocenters. The largest absolute Gasteiger partial charge is 0.337 e. The van der Waals surface area contributed by atoms with Crippen LogP contribution in [0.25, 0.3) is 0 Å². The Balaban J connectivity index is 2.53. The Morgan fingerprint density at radius 3 is 2.44 bits per heavy atom. The van der Waals surface area contributed by atoms with Gasteiger partial charge in [0.15, 0.2) is 0 Å². The number of amides is 2. The van der Waals surface area contributed by atoms with Crippen molar-refractivity contribution in [2.75, 3.05) is 13.6 Å². The number of likely N-dealkylation sites (N-methyl/N-ethyl adjacent to an activating group) is 1. The summed E-state index contributed by atoms with van der Waals surface area (Å²) >= 11 is 0. The van der Waals surface area contributed by atoms with Crippen molar-refractivity contribution in [2.45, 2.75) is 32.4 Å². The minimum absolute atomic E-state index is 0.147. The van der Waals surface area contributed by atoms with Crippen molar-refractivity contribution in [3.8, 4) is 0 Å². The number of nitrogens with one attached hydrogen (secondary N) is 3. The van der Waals surface area contributed by atoms with E-state index in [-0.39, 0.29) is 17.6 Å². The molecule has 2 amide bonds. The lowest BCUT2D eigenvalue weighted by Gasteiger charge is -2.27. The maximum Gasteiger partial charge on any atom is 0.315 e. The van der Waals surface area contributed by atoms with E-state index >= 15 is 0 Å². The molecule has 0 aliphatic heterocycles. The van der Waals surface area contributed by atoms with Crippen LogP contribution in [0.1, 0.15) is 26.3 Å². The van der Waals surface area contributed by atoms with E-state index in [1.807, 2.05) is 58.2 Å². The molecule has 100 valence electrons. The molecule has 3 N–H and O–H groups in total. The highest BCUT2D eigenvalue weighted by Gasteiger charge is 2.22. The van der Waals surface area contributed by atoms with Crippen LogP contribution in [0, 0.1) is 0 Å².